The van der Waals surface area contributed by atoms with E-state index >= 15 is 0 Å². The zero-order valence-corrected chi connectivity index (χ0v) is 14.0. The van der Waals surface area contributed by atoms with Crippen LogP contribution in [0.5, 0.6) is 5.75 Å². The van der Waals surface area contributed by atoms with Crippen LogP contribution in [0.25, 0.3) is 16.3 Å². The summed E-state index contributed by atoms with van der Waals surface area (Å²) in [5.74, 6) is 0.798. The van der Waals surface area contributed by atoms with Gasteiger partial charge in [-0.15, -0.1) is 11.3 Å². The van der Waals surface area contributed by atoms with Crippen LogP contribution < -0.4 is 4.74 Å². The maximum atomic E-state index is 12.7. The number of hydrogen-bond acceptors (Lipinski definition) is 4. The Labute approximate surface area is 144 Å². The number of likely N-dealkylation sites (N-methyl/N-ethyl adjacent to an activating group) is 1. The molecular formula is C19H16N2O2S. The fourth-order valence-electron chi connectivity index (χ4n) is 2.75. The molecule has 4 rings (SSSR count). The molecular weight excluding hydrogens is 320 g/mol. The SMILES string of the molecule is CN(Cc1nc2ccccc2s1)C(=O)C1=Cc2ccccc2OC1. The van der Waals surface area contributed by atoms with Crippen molar-refractivity contribution in [3.05, 3.63) is 64.7 Å². The predicted octanol–water partition coefficient (Wildman–Crippen LogP) is 3.73. The Bertz CT molecular complexity index is 912. The van der Waals surface area contributed by atoms with Gasteiger partial charge in [0, 0.05) is 12.6 Å². The third kappa shape index (κ3) is 2.78. The molecule has 4 nitrogen and oxygen atoms in total. The van der Waals surface area contributed by atoms with Gasteiger partial charge < -0.3 is 9.64 Å². The molecule has 0 fully saturated rings. The van der Waals surface area contributed by atoms with Crippen molar-refractivity contribution in [3.8, 4) is 5.75 Å². The molecule has 0 radical (unpaired) electrons. The van der Waals surface area contributed by atoms with Crippen molar-refractivity contribution < 1.29 is 9.53 Å². The molecule has 120 valence electrons. The van der Waals surface area contributed by atoms with Gasteiger partial charge in [-0.2, -0.15) is 0 Å². The first kappa shape index (κ1) is 14.9. The number of carbonyl (C=O) groups is 1. The lowest BCUT2D eigenvalue weighted by atomic mass is 10.1. The van der Waals surface area contributed by atoms with E-state index in [-0.39, 0.29) is 5.91 Å². The molecule has 0 saturated heterocycles. The molecule has 0 spiro atoms. The van der Waals surface area contributed by atoms with Gasteiger partial charge in [0.15, 0.2) is 0 Å². The molecule has 1 aliphatic heterocycles. The summed E-state index contributed by atoms with van der Waals surface area (Å²) in [4.78, 5) is 19.0. The summed E-state index contributed by atoms with van der Waals surface area (Å²) in [5, 5.41) is 0.935. The van der Waals surface area contributed by atoms with Crippen LogP contribution in [-0.2, 0) is 11.3 Å². The van der Waals surface area contributed by atoms with E-state index in [1.165, 1.54) is 0 Å². The molecule has 0 atom stereocenters. The lowest BCUT2D eigenvalue weighted by molar-refractivity contribution is -0.126. The van der Waals surface area contributed by atoms with Gasteiger partial charge in [-0.3, -0.25) is 4.79 Å². The van der Waals surface area contributed by atoms with Gasteiger partial charge in [0.1, 0.15) is 17.4 Å². The Kier molecular flexibility index (Phi) is 3.78. The van der Waals surface area contributed by atoms with E-state index in [1.54, 1.807) is 23.3 Å². The quantitative estimate of drug-likeness (QED) is 0.732. The lowest BCUT2D eigenvalue weighted by Gasteiger charge is -2.21. The Morgan fingerprint density at radius 3 is 2.88 bits per heavy atom. The van der Waals surface area contributed by atoms with Crippen molar-refractivity contribution in [1.82, 2.24) is 9.88 Å². The van der Waals surface area contributed by atoms with Crippen LogP contribution in [0, 0.1) is 0 Å². The van der Waals surface area contributed by atoms with Gasteiger partial charge >= 0.3 is 0 Å². The number of fused-ring (bicyclic) bond motifs is 2. The van der Waals surface area contributed by atoms with E-state index in [9.17, 15) is 4.79 Å². The second kappa shape index (κ2) is 6.09. The number of benzene rings is 2. The molecule has 24 heavy (non-hydrogen) atoms. The minimum absolute atomic E-state index is 0.0243. The third-order valence-electron chi connectivity index (χ3n) is 3.96. The zero-order chi connectivity index (χ0) is 16.5. The van der Waals surface area contributed by atoms with Crippen molar-refractivity contribution in [1.29, 1.82) is 0 Å². The molecule has 5 heteroatoms. The van der Waals surface area contributed by atoms with Gasteiger partial charge in [0.25, 0.3) is 5.91 Å². The summed E-state index contributed by atoms with van der Waals surface area (Å²) in [6, 6.07) is 15.8. The fraction of sp³-hybridized carbons (Fsp3) is 0.158. The number of rotatable bonds is 3. The average molecular weight is 336 g/mol. The molecule has 0 N–H and O–H groups in total. The van der Waals surface area contributed by atoms with Gasteiger partial charge in [0.05, 0.1) is 22.3 Å². The molecule has 0 bridgehead atoms. The smallest absolute Gasteiger partial charge is 0.253 e. The third-order valence-corrected chi connectivity index (χ3v) is 4.99. The normalized spacial score (nSPS) is 13.1. The topological polar surface area (TPSA) is 42.4 Å². The van der Waals surface area contributed by atoms with E-state index in [4.69, 9.17) is 4.74 Å². The first-order valence-electron chi connectivity index (χ1n) is 7.73. The van der Waals surface area contributed by atoms with Crippen LogP contribution in [-0.4, -0.2) is 29.4 Å². The maximum Gasteiger partial charge on any atom is 0.253 e. The van der Waals surface area contributed by atoms with Crippen molar-refractivity contribution in [2.45, 2.75) is 6.54 Å². The van der Waals surface area contributed by atoms with Crippen LogP contribution in [0.2, 0.25) is 0 Å². The zero-order valence-electron chi connectivity index (χ0n) is 13.2. The number of carbonyl (C=O) groups excluding carboxylic acids is 1. The van der Waals surface area contributed by atoms with Gasteiger partial charge in [-0.1, -0.05) is 30.3 Å². The van der Waals surface area contributed by atoms with Crippen LogP contribution >= 0.6 is 11.3 Å². The Morgan fingerprint density at radius 2 is 2.00 bits per heavy atom. The molecule has 2 heterocycles. The highest BCUT2D eigenvalue weighted by molar-refractivity contribution is 7.18. The summed E-state index contributed by atoms with van der Waals surface area (Å²) >= 11 is 1.62. The number of hydrogen-bond donors (Lipinski definition) is 0. The molecule has 1 amide bonds. The van der Waals surface area contributed by atoms with Gasteiger partial charge in [-0.25, -0.2) is 4.98 Å². The number of amides is 1. The van der Waals surface area contributed by atoms with Crippen LogP contribution in [0.4, 0.5) is 0 Å². The maximum absolute atomic E-state index is 12.7. The monoisotopic (exact) mass is 336 g/mol. The van der Waals surface area contributed by atoms with Crippen LogP contribution in [0.1, 0.15) is 10.6 Å². The summed E-state index contributed by atoms with van der Waals surface area (Å²) in [5.41, 5.74) is 2.59. The molecule has 0 unspecified atom stereocenters. The van der Waals surface area contributed by atoms with E-state index in [0.717, 1.165) is 26.5 Å². The summed E-state index contributed by atoms with van der Waals surface area (Å²) in [6.07, 6.45) is 1.91. The van der Waals surface area contributed by atoms with Crippen LogP contribution in [0.3, 0.4) is 0 Å². The van der Waals surface area contributed by atoms with Crippen molar-refractivity contribution in [3.63, 3.8) is 0 Å². The molecule has 3 aromatic rings. The van der Waals surface area contributed by atoms with E-state index in [0.29, 0.717) is 18.7 Å². The molecule has 1 aromatic heterocycles. The molecule has 2 aromatic carbocycles. The lowest BCUT2D eigenvalue weighted by Crippen LogP contribution is -2.30. The number of nitrogens with zero attached hydrogens (tertiary/aromatic N) is 2. The Balaban J connectivity index is 1.53. The molecule has 0 saturated carbocycles. The number of para-hydroxylation sites is 2. The van der Waals surface area contributed by atoms with Crippen molar-refractivity contribution >= 4 is 33.5 Å². The second-order valence-corrected chi connectivity index (χ2v) is 6.85. The van der Waals surface area contributed by atoms with E-state index in [1.807, 2.05) is 54.6 Å². The van der Waals surface area contributed by atoms with Gasteiger partial charge in [-0.05, 0) is 24.3 Å². The van der Waals surface area contributed by atoms with E-state index in [2.05, 4.69) is 4.98 Å². The highest BCUT2D eigenvalue weighted by atomic mass is 32.1. The number of ether oxygens (including phenoxy) is 1. The first-order chi connectivity index (χ1) is 11.7. The number of aromatic nitrogens is 1. The minimum Gasteiger partial charge on any atom is -0.488 e. The van der Waals surface area contributed by atoms with Crippen molar-refractivity contribution in [2.75, 3.05) is 13.7 Å². The number of thiazole rings is 1. The fourth-order valence-corrected chi connectivity index (χ4v) is 3.77. The highest BCUT2D eigenvalue weighted by Crippen LogP contribution is 2.27. The average Bonchev–Trinajstić information content (AvgIpc) is 3.02. The predicted molar refractivity (Wildman–Crippen MR) is 96.0 cm³/mol. The summed E-state index contributed by atoms with van der Waals surface area (Å²) in [6.45, 7) is 0.803. The van der Waals surface area contributed by atoms with E-state index < -0.39 is 0 Å². The summed E-state index contributed by atoms with van der Waals surface area (Å²) < 4.78 is 6.82. The Morgan fingerprint density at radius 1 is 1.21 bits per heavy atom. The molecule has 0 aliphatic carbocycles. The largest absolute Gasteiger partial charge is 0.488 e. The van der Waals surface area contributed by atoms with Crippen molar-refractivity contribution in [2.24, 2.45) is 0 Å². The minimum atomic E-state index is -0.0243. The summed E-state index contributed by atoms with van der Waals surface area (Å²) in [7, 11) is 1.80. The first-order valence-corrected chi connectivity index (χ1v) is 8.55. The van der Waals surface area contributed by atoms with Crippen LogP contribution in [0.15, 0.2) is 54.1 Å². The highest BCUT2D eigenvalue weighted by Gasteiger charge is 2.21. The van der Waals surface area contributed by atoms with Gasteiger partial charge in [0.2, 0.25) is 0 Å². The Hall–Kier alpha value is -2.66. The second-order valence-electron chi connectivity index (χ2n) is 5.73. The molecule has 1 aliphatic rings. The standard InChI is InChI=1S/C19H16N2O2S/c1-21(11-18-20-15-7-3-5-9-17(15)24-18)19(22)14-10-13-6-2-4-8-16(13)23-12-14/h2-10H,11-12H2,1H3.